The van der Waals surface area contributed by atoms with Crippen molar-refractivity contribution >= 4 is 17.8 Å². The minimum absolute atomic E-state index is 0.163. The number of amides is 1. The second-order valence-electron chi connectivity index (χ2n) is 6.98. The van der Waals surface area contributed by atoms with Gasteiger partial charge in [-0.15, -0.1) is 0 Å². The Morgan fingerprint density at radius 2 is 1.73 bits per heavy atom. The van der Waals surface area contributed by atoms with Gasteiger partial charge < -0.3 is 25.0 Å². The van der Waals surface area contributed by atoms with E-state index in [0.717, 1.165) is 68.9 Å². The molecule has 2 rings (SSSR count). The monoisotopic (exact) mass is 424 g/mol. The van der Waals surface area contributed by atoms with E-state index >= 15 is 0 Å². The van der Waals surface area contributed by atoms with Crippen LogP contribution in [-0.4, -0.2) is 66.8 Å². The first-order valence-corrected chi connectivity index (χ1v) is 9.99. The third kappa shape index (κ3) is 8.69. The van der Waals surface area contributed by atoms with Crippen LogP contribution in [-0.2, 0) is 20.9 Å². The molecule has 0 spiro atoms. The number of carbonyl (C=O) groups is 3. The van der Waals surface area contributed by atoms with Gasteiger partial charge in [0.1, 0.15) is 11.5 Å². The van der Waals surface area contributed by atoms with Crippen LogP contribution in [0, 0.1) is 5.92 Å². The second-order valence-corrected chi connectivity index (χ2v) is 6.98. The number of hydrogen-bond donors (Lipinski definition) is 3. The number of ether oxygens (including phenoxy) is 2. The maximum atomic E-state index is 12.1. The molecule has 168 valence electrons. The zero-order valence-electron chi connectivity index (χ0n) is 17.8. The number of carbonyl (C=O) groups excluding carboxylic acids is 1. The molecular weight excluding hydrogens is 392 g/mol. The molecule has 1 fully saturated rings. The lowest BCUT2D eigenvalue weighted by Gasteiger charge is -2.31. The highest BCUT2D eigenvalue weighted by atomic mass is 16.5. The molecule has 0 atom stereocenters. The number of hydrogen-bond acceptors (Lipinski definition) is 6. The summed E-state index contributed by atoms with van der Waals surface area (Å²) in [4.78, 5) is 32.7. The van der Waals surface area contributed by atoms with E-state index < -0.39 is 11.9 Å². The normalized spacial score (nSPS) is 14.2. The largest absolute Gasteiger partial charge is 0.497 e. The maximum absolute atomic E-state index is 12.1. The van der Waals surface area contributed by atoms with E-state index in [1.807, 2.05) is 12.1 Å². The molecule has 0 saturated carbocycles. The molecule has 9 heteroatoms. The SMILES string of the molecule is CCCCNC(=O)C1CCN(Cc2ccc(OC)cc2OC)CC1.O=C(O)C(=O)O. The fraction of sp³-hybridized carbons (Fsp3) is 0.571. The van der Waals surface area contributed by atoms with Crippen LogP contribution in [0.25, 0.3) is 0 Å². The predicted molar refractivity (Wildman–Crippen MR) is 111 cm³/mol. The van der Waals surface area contributed by atoms with Crippen LogP contribution >= 0.6 is 0 Å². The van der Waals surface area contributed by atoms with E-state index in [1.165, 1.54) is 0 Å². The summed E-state index contributed by atoms with van der Waals surface area (Å²) in [6, 6.07) is 5.94. The number of likely N-dealkylation sites (tertiary alicyclic amines) is 1. The van der Waals surface area contributed by atoms with Crippen molar-refractivity contribution in [3.05, 3.63) is 23.8 Å². The molecule has 3 N–H and O–H groups in total. The molecule has 1 aliphatic rings. The summed E-state index contributed by atoms with van der Waals surface area (Å²) in [7, 11) is 3.34. The first-order valence-electron chi connectivity index (χ1n) is 9.99. The van der Waals surface area contributed by atoms with Gasteiger partial charge in [0.2, 0.25) is 5.91 Å². The molecule has 1 heterocycles. The van der Waals surface area contributed by atoms with Crippen LogP contribution in [0.1, 0.15) is 38.2 Å². The van der Waals surface area contributed by atoms with Crippen LogP contribution in [0.5, 0.6) is 11.5 Å². The Hall–Kier alpha value is -2.81. The van der Waals surface area contributed by atoms with Gasteiger partial charge >= 0.3 is 11.9 Å². The predicted octanol–water partition coefficient (Wildman–Crippen LogP) is 1.99. The summed E-state index contributed by atoms with van der Waals surface area (Å²) >= 11 is 0. The molecule has 0 aromatic heterocycles. The number of nitrogens with one attached hydrogen (secondary N) is 1. The number of benzene rings is 1. The van der Waals surface area contributed by atoms with Crippen LogP contribution in [0.15, 0.2) is 18.2 Å². The summed E-state index contributed by atoms with van der Waals surface area (Å²) < 4.78 is 10.7. The number of aliphatic carboxylic acids is 2. The van der Waals surface area contributed by atoms with Crippen molar-refractivity contribution in [1.29, 1.82) is 0 Å². The van der Waals surface area contributed by atoms with E-state index in [2.05, 4.69) is 23.2 Å². The Balaban J connectivity index is 0.000000656. The summed E-state index contributed by atoms with van der Waals surface area (Å²) in [6.45, 7) is 5.68. The molecule has 1 amide bonds. The Labute approximate surface area is 177 Å². The molecule has 1 aliphatic heterocycles. The van der Waals surface area contributed by atoms with Crippen molar-refractivity contribution in [1.82, 2.24) is 10.2 Å². The van der Waals surface area contributed by atoms with Crippen LogP contribution < -0.4 is 14.8 Å². The molecule has 0 unspecified atom stereocenters. The lowest BCUT2D eigenvalue weighted by atomic mass is 9.95. The number of piperidine rings is 1. The number of rotatable bonds is 8. The Bertz CT molecular complexity index is 689. The van der Waals surface area contributed by atoms with Crippen LogP contribution in [0.3, 0.4) is 0 Å². The fourth-order valence-electron chi connectivity index (χ4n) is 3.11. The Morgan fingerprint density at radius 3 is 2.23 bits per heavy atom. The van der Waals surface area contributed by atoms with E-state index in [4.69, 9.17) is 29.3 Å². The average Bonchev–Trinajstić information content (AvgIpc) is 2.75. The Morgan fingerprint density at radius 1 is 1.10 bits per heavy atom. The number of carboxylic acids is 2. The lowest BCUT2D eigenvalue weighted by molar-refractivity contribution is -0.159. The smallest absolute Gasteiger partial charge is 0.414 e. The van der Waals surface area contributed by atoms with Gasteiger partial charge in [0.05, 0.1) is 14.2 Å². The molecule has 1 aromatic carbocycles. The number of unbranched alkanes of at least 4 members (excludes halogenated alkanes) is 1. The van der Waals surface area contributed by atoms with Crippen molar-refractivity contribution in [2.24, 2.45) is 5.92 Å². The molecular formula is C21H32N2O7. The molecule has 0 bridgehead atoms. The quantitative estimate of drug-likeness (QED) is 0.427. The Kier molecular flexibility index (Phi) is 11.3. The van der Waals surface area contributed by atoms with Gasteiger partial charge in [-0.1, -0.05) is 19.4 Å². The number of methoxy groups -OCH3 is 2. The van der Waals surface area contributed by atoms with Crippen molar-refractivity contribution in [2.45, 2.75) is 39.2 Å². The topological polar surface area (TPSA) is 125 Å². The minimum Gasteiger partial charge on any atom is -0.497 e. The van der Waals surface area contributed by atoms with Gasteiger partial charge in [0.25, 0.3) is 0 Å². The average molecular weight is 424 g/mol. The van der Waals surface area contributed by atoms with Gasteiger partial charge in [-0.3, -0.25) is 9.69 Å². The molecule has 0 radical (unpaired) electrons. The lowest BCUT2D eigenvalue weighted by Crippen LogP contribution is -2.40. The third-order valence-electron chi connectivity index (χ3n) is 4.86. The van der Waals surface area contributed by atoms with Gasteiger partial charge in [0.15, 0.2) is 0 Å². The maximum Gasteiger partial charge on any atom is 0.414 e. The molecule has 30 heavy (non-hydrogen) atoms. The van der Waals surface area contributed by atoms with Crippen molar-refractivity contribution < 1.29 is 34.1 Å². The molecule has 1 saturated heterocycles. The highest BCUT2D eigenvalue weighted by Gasteiger charge is 2.25. The summed E-state index contributed by atoms with van der Waals surface area (Å²) in [6.07, 6.45) is 4.02. The third-order valence-corrected chi connectivity index (χ3v) is 4.86. The summed E-state index contributed by atoms with van der Waals surface area (Å²) in [5.41, 5.74) is 1.16. The van der Waals surface area contributed by atoms with E-state index in [9.17, 15) is 4.79 Å². The summed E-state index contributed by atoms with van der Waals surface area (Å²) in [5, 5.41) is 17.8. The van der Waals surface area contributed by atoms with Crippen molar-refractivity contribution in [3.8, 4) is 11.5 Å². The first-order chi connectivity index (χ1) is 14.3. The van der Waals surface area contributed by atoms with E-state index in [-0.39, 0.29) is 11.8 Å². The van der Waals surface area contributed by atoms with Gasteiger partial charge in [-0.05, 0) is 38.4 Å². The van der Waals surface area contributed by atoms with E-state index in [1.54, 1.807) is 14.2 Å². The van der Waals surface area contributed by atoms with Gasteiger partial charge in [0, 0.05) is 30.6 Å². The van der Waals surface area contributed by atoms with Crippen LogP contribution in [0.4, 0.5) is 0 Å². The summed E-state index contributed by atoms with van der Waals surface area (Å²) in [5.74, 6) is -1.60. The highest BCUT2D eigenvalue weighted by molar-refractivity contribution is 6.27. The van der Waals surface area contributed by atoms with Gasteiger partial charge in [-0.25, -0.2) is 9.59 Å². The number of nitrogens with zero attached hydrogens (tertiary/aromatic N) is 1. The first kappa shape index (κ1) is 25.2. The molecule has 1 aromatic rings. The fourth-order valence-corrected chi connectivity index (χ4v) is 3.11. The van der Waals surface area contributed by atoms with E-state index in [0.29, 0.717) is 0 Å². The highest BCUT2D eigenvalue weighted by Crippen LogP contribution is 2.27. The zero-order chi connectivity index (χ0) is 22.5. The standard InChI is InChI=1S/C19H30N2O3.C2H2O4/c1-4-5-10-20-19(22)15-8-11-21(12-9-15)14-16-6-7-17(23-2)13-18(16)24-3;3-1(4)2(5)6/h6-7,13,15H,4-5,8-12,14H2,1-3H3,(H,20,22);(H,3,4)(H,5,6). The minimum atomic E-state index is -1.82. The second kappa shape index (κ2) is 13.4. The molecule has 9 nitrogen and oxygen atoms in total. The van der Waals surface area contributed by atoms with Gasteiger partial charge in [-0.2, -0.15) is 0 Å². The van der Waals surface area contributed by atoms with Crippen LogP contribution in [0.2, 0.25) is 0 Å². The van der Waals surface area contributed by atoms with Crippen molar-refractivity contribution in [3.63, 3.8) is 0 Å². The van der Waals surface area contributed by atoms with Crippen molar-refractivity contribution in [2.75, 3.05) is 33.9 Å². The zero-order valence-corrected chi connectivity index (χ0v) is 17.8. The molecule has 0 aliphatic carbocycles. The number of carboxylic acid groups (broad SMARTS) is 2.